The zero-order valence-electron chi connectivity index (χ0n) is 31.8. The minimum atomic E-state index is -1.90. The molecule has 0 amide bonds. The molecule has 4 heterocycles. The van der Waals surface area contributed by atoms with Gasteiger partial charge >= 0.3 is 11.9 Å². The van der Waals surface area contributed by atoms with Crippen molar-refractivity contribution < 1.29 is 47.9 Å². The molecule has 0 aliphatic carbocycles. The predicted molar refractivity (Wildman–Crippen MR) is 214 cm³/mol. The summed E-state index contributed by atoms with van der Waals surface area (Å²) in [6, 6.07) is 31.2. The summed E-state index contributed by atoms with van der Waals surface area (Å²) in [6.45, 7) is 6.21. The van der Waals surface area contributed by atoms with Crippen LogP contribution in [0.15, 0.2) is 109 Å². The Balaban J connectivity index is 0.000000169. The molecular weight excluding hydrogens is 761 g/mol. The van der Waals surface area contributed by atoms with Crippen molar-refractivity contribution in [2.75, 3.05) is 20.2 Å². The van der Waals surface area contributed by atoms with Crippen LogP contribution in [-0.2, 0) is 36.1 Å². The number of aliphatic hydroxyl groups is 1. The molecule has 294 valence electrons. The molecule has 5 aromatic carbocycles. The van der Waals surface area contributed by atoms with Gasteiger partial charge in [0.25, 0.3) is 5.79 Å². The fraction of sp³-hybridized carbons (Fsp3) is 0.222. The quantitative estimate of drug-likeness (QED) is 0.108. The molecule has 0 bridgehead atoms. The van der Waals surface area contributed by atoms with Crippen molar-refractivity contribution in [1.82, 2.24) is 8.75 Å². The number of hydrogen-bond donors (Lipinski definition) is 1. The van der Waals surface area contributed by atoms with Gasteiger partial charge in [0, 0.05) is 17.6 Å². The molecule has 3 atom stereocenters. The zero-order valence-corrected chi connectivity index (χ0v) is 32.6. The van der Waals surface area contributed by atoms with Crippen LogP contribution >= 0.6 is 11.7 Å². The van der Waals surface area contributed by atoms with Crippen molar-refractivity contribution in [3.63, 3.8) is 0 Å². The fourth-order valence-electron chi connectivity index (χ4n) is 7.21. The molecule has 3 unspecified atom stereocenters. The average Bonchev–Trinajstić information content (AvgIpc) is 4.04. The summed E-state index contributed by atoms with van der Waals surface area (Å²) in [5, 5.41) is 11.8. The van der Waals surface area contributed by atoms with E-state index in [0.717, 1.165) is 51.3 Å². The lowest BCUT2D eigenvalue weighted by molar-refractivity contribution is -0.185. The molecule has 0 saturated carbocycles. The molecule has 0 saturated heterocycles. The Morgan fingerprint density at radius 3 is 2.10 bits per heavy atom. The molecule has 1 N–H and O–H groups in total. The first-order valence-corrected chi connectivity index (χ1v) is 19.3. The lowest BCUT2D eigenvalue weighted by atomic mass is 9.82. The molecule has 58 heavy (non-hydrogen) atoms. The van der Waals surface area contributed by atoms with Gasteiger partial charge in [-0.15, -0.1) is 0 Å². The number of aromatic nitrogens is 2. The van der Waals surface area contributed by atoms with Crippen molar-refractivity contribution in [3.05, 3.63) is 148 Å². The highest BCUT2D eigenvalue weighted by atomic mass is 32.1. The topological polar surface area (TPSA) is 153 Å². The van der Waals surface area contributed by atoms with Crippen molar-refractivity contribution in [3.8, 4) is 23.0 Å². The third kappa shape index (κ3) is 7.49. The number of fused-ring (bicyclic) bond motifs is 3. The third-order valence-electron chi connectivity index (χ3n) is 10.2. The number of benzene rings is 5. The first-order chi connectivity index (χ1) is 28.1. The Morgan fingerprint density at radius 2 is 1.41 bits per heavy atom. The fourth-order valence-corrected chi connectivity index (χ4v) is 7.73. The average molecular weight is 799 g/mol. The molecule has 0 radical (unpaired) electrons. The number of cyclic esters (lactones) is 1. The Hall–Kier alpha value is -6.57. The minimum Gasteiger partial charge on any atom is -0.465 e. The second-order valence-corrected chi connectivity index (χ2v) is 14.5. The van der Waals surface area contributed by atoms with Gasteiger partial charge in [-0.1, -0.05) is 77.9 Å². The van der Waals surface area contributed by atoms with Gasteiger partial charge in [-0.25, -0.2) is 4.79 Å². The molecule has 0 spiro atoms. The SMILES string of the molecule is CCOC(=O)C(c1ccc2c(c1)OCO2)C(C=O)c1ccc(C)cc1.Cc1ccc(C2(O)OC(=O)C(c3ccc4c(c3)OCO4)=C2Cc2ccc3nsnc3c2)cc1. The highest BCUT2D eigenvalue weighted by Crippen LogP contribution is 2.46. The van der Waals surface area contributed by atoms with Gasteiger partial charge in [0.1, 0.15) is 17.3 Å². The van der Waals surface area contributed by atoms with Gasteiger partial charge in [0.05, 0.1) is 35.7 Å². The van der Waals surface area contributed by atoms with Crippen LogP contribution in [-0.4, -0.2) is 52.3 Å². The van der Waals surface area contributed by atoms with E-state index >= 15 is 0 Å². The van der Waals surface area contributed by atoms with E-state index in [1.807, 2.05) is 68.4 Å². The number of esters is 2. The Labute approximate surface area is 337 Å². The summed E-state index contributed by atoms with van der Waals surface area (Å²) in [5.41, 5.74) is 7.88. The second kappa shape index (κ2) is 16.1. The number of carbonyl (C=O) groups is 3. The summed E-state index contributed by atoms with van der Waals surface area (Å²) >= 11 is 1.15. The largest absolute Gasteiger partial charge is 0.465 e. The van der Waals surface area contributed by atoms with Crippen LogP contribution in [0.5, 0.6) is 23.0 Å². The molecule has 9 rings (SSSR count). The second-order valence-electron chi connectivity index (χ2n) is 14.0. The van der Waals surface area contributed by atoms with E-state index in [1.54, 1.807) is 55.5 Å². The van der Waals surface area contributed by atoms with E-state index in [9.17, 15) is 19.5 Å². The van der Waals surface area contributed by atoms with Crippen LogP contribution < -0.4 is 18.9 Å². The summed E-state index contributed by atoms with van der Waals surface area (Å²) in [6.07, 6.45) is 1.09. The lowest BCUT2D eigenvalue weighted by Gasteiger charge is -2.26. The third-order valence-corrected chi connectivity index (χ3v) is 10.8. The van der Waals surface area contributed by atoms with E-state index < -0.39 is 29.6 Å². The Bertz CT molecular complexity index is 2550. The lowest BCUT2D eigenvalue weighted by Crippen LogP contribution is -2.29. The van der Waals surface area contributed by atoms with Gasteiger partial charge in [-0.05, 0) is 79.4 Å². The number of nitrogens with zero attached hydrogens (tertiary/aromatic N) is 2. The van der Waals surface area contributed by atoms with Crippen LogP contribution in [0.3, 0.4) is 0 Å². The normalized spacial score (nSPS) is 17.3. The maximum atomic E-state index is 13.2. The summed E-state index contributed by atoms with van der Waals surface area (Å²) in [4.78, 5) is 37.7. The maximum Gasteiger partial charge on any atom is 0.342 e. The minimum absolute atomic E-state index is 0.129. The van der Waals surface area contributed by atoms with Crippen LogP contribution in [0.2, 0.25) is 0 Å². The van der Waals surface area contributed by atoms with Gasteiger partial charge in [0.15, 0.2) is 23.0 Å². The molecule has 1 aromatic heterocycles. The maximum absolute atomic E-state index is 13.2. The van der Waals surface area contributed by atoms with Crippen molar-refractivity contribution in [2.45, 2.75) is 44.8 Å². The zero-order chi connectivity index (χ0) is 40.4. The van der Waals surface area contributed by atoms with Crippen LogP contribution in [0.4, 0.5) is 0 Å². The smallest absolute Gasteiger partial charge is 0.342 e. The van der Waals surface area contributed by atoms with Crippen LogP contribution in [0, 0.1) is 13.8 Å². The monoisotopic (exact) mass is 798 g/mol. The van der Waals surface area contributed by atoms with E-state index in [4.69, 9.17) is 28.4 Å². The number of aryl methyl sites for hydroxylation is 2. The summed E-state index contributed by atoms with van der Waals surface area (Å²) in [7, 11) is 0. The Kier molecular flexibility index (Phi) is 10.6. The van der Waals surface area contributed by atoms with Crippen molar-refractivity contribution in [2.24, 2.45) is 0 Å². The van der Waals surface area contributed by atoms with Gasteiger partial charge < -0.3 is 38.3 Å². The van der Waals surface area contributed by atoms with Crippen LogP contribution in [0.1, 0.15) is 57.7 Å². The van der Waals surface area contributed by atoms with E-state index in [2.05, 4.69) is 8.75 Å². The van der Waals surface area contributed by atoms with E-state index in [1.165, 1.54) is 0 Å². The molecule has 6 aromatic rings. The number of ether oxygens (including phenoxy) is 6. The van der Waals surface area contributed by atoms with Crippen molar-refractivity contribution in [1.29, 1.82) is 0 Å². The molecule has 0 fully saturated rings. The molecule has 12 nitrogen and oxygen atoms in total. The number of hydrogen-bond acceptors (Lipinski definition) is 13. The molecule has 3 aliphatic heterocycles. The van der Waals surface area contributed by atoms with Crippen molar-refractivity contribution >= 4 is 46.6 Å². The first-order valence-electron chi connectivity index (χ1n) is 18.6. The number of aldehydes is 1. The van der Waals surface area contributed by atoms with E-state index in [-0.39, 0.29) is 26.6 Å². The summed E-state index contributed by atoms with van der Waals surface area (Å²) in [5.74, 6) is -1.94. The first kappa shape index (κ1) is 38.3. The van der Waals surface area contributed by atoms with Gasteiger partial charge in [-0.3, -0.25) is 4.79 Å². The number of rotatable bonds is 10. The van der Waals surface area contributed by atoms with Crippen LogP contribution in [0.25, 0.3) is 16.6 Å². The predicted octanol–water partition coefficient (Wildman–Crippen LogP) is 7.48. The van der Waals surface area contributed by atoms with Gasteiger partial charge in [0.2, 0.25) is 13.6 Å². The van der Waals surface area contributed by atoms with Gasteiger partial charge in [-0.2, -0.15) is 8.75 Å². The Morgan fingerprint density at radius 1 is 0.793 bits per heavy atom. The molecular formula is C45H38N2O10S. The highest BCUT2D eigenvalue weighted by molar-refractivity contribution is 7.00. The summed E-state index contributed by atoms with van der Waals surface area (Å²) < 4.78 is 41.1. The molecule has 3 aliphatic rings. The molecule has 13 heteroatoms. The standard InChI is InChI=1S/C25H18N2O5S.C20H20O5/c1-14-2-6-17(7-3-14)25(29)18(10-15-4-8-19-20(11-15)27-33-26-19)23(24(28)32-25)16-5-9-21-22(12-16)31-13-30-21;1-3-23-20(22)19(15-8-9-17-18(10-15)25-12-24-17)16(11-21)14-6-4-13(2)5-7-14/h2-9,11-12,29H,10,13H2,1H3;4-11,16,19H,3,12H2,1-2H3. The number of carbonyl (C=O) groups excluding carboxylic acids is 3. The van der Waals surface area contributed by atoms with E-state index in [0.29, 0.717) is 50.8 Å². The highest BCUT2D eigenvalue weighted by Gasteiger charge is 2.48.